The normalized spacial score (nSPS) is 11.3. The van der Waals surface area contributed by atoms with E-state index < -0.39 is 32.7 Å². The quantitative estimate of drug-likeness (QED) is 0.870. The number of anilines is 1. The van der Waals surface area contributed by atoms with E-state index in [2.05, 4.69) is 25.1 Å². The van der Waals surface area contributed by atoms with E-state index in [0.29, 0.717) is 0 Å². The lowest BCUT2D eigenvalue weighted by atomic mass is 10.3. The molecule has 9 heteroatoms. The van der Waals surface area contributed by atoms with Gasteiger partial charge in [0.15, 0.2) is 0 Å². The van der Waals surface area contributed by atoms with Gasteiger partial charge in [0.2, 0.25) is 10.9 Å². The summed E-state index contributed by atoms with van der Waals surface area (Å²) in [6.07, 6.45) is 0. The van der Waals surface area contributed by atoms with Gasteiger partial charge in [-0.1, -0.05) is 0 Å². The topological polar surface area (TPSA) is 96.6 Å². The van der Waals surface area contributed by atoms with Crippen molar-refractivity contribution in [1.82, 2.24) is 0 Å². The zero-order valence-corrected chi connectivity index (χ0v) is 12.0. The SMILES string of the molecule is O=C(O)c1ccc(S(=O)(=O)Nc2ccc(Br)c(F)c2)o1. The van der Waals surface area contributed by atoms with Crippen LogP contribution in [0.25, 0.3) is 0 Å². The summed E-state index contributed by atoms with van der Waals surface area (Å²) in [7, 11) is -4.12. The molecule has 6 nitrogen and oxygen atoms in total. The summed E-state index contributed by atoms with van der Waals surface area (Å²) in [5.74, 6) is -2.54. The molecule has 0 unspecified atom stereocenters. The summed E-state index contributed by atoms with van der Waals surface area (Å²) in [5.41, 5.74) is -0.0148. The first-order valence-corrected chi connectivity index (χ1v) is 7.38. The molecule has 1 heterocycles. The Morgan fingerprint density at radius 3 is 2.55 bits per heavy atom. The Morgan fingerprint density at radius 2 is 2.00 bits per heavy atom. The van der Waals surface area contributed by atoms with E-state index in [4.69, 9.17) is 5.11 Å². The standard InChI is InChI=1S/C11H7BrFNO5S/c12-7-2-1-6(5-8(7)13)14-20(17,18)10-4-3-9(19-10)11(15)16/h1-5,14H,(H,15,16). The molecule has 0 aliphatic heterocycles. The van der Waals surface area contributed by atoms with Crippen molar-refractivity contribution in [2.75, 3.05) is 4.72 Å². The van der Waals surface area contributed by atoms with Crippen LogP contribution in [0.4, 0.5) is 10.1 Å². The van der Waals surface area contributed by atoms with Crippen LogP contribution in [0.3, 0.4) is 0 Å². The predicted octanol–water partition coefficient (Wildman–Crippen LogP) is 2.68. The summed E-state index contributed by atoms with van der Waals surface area (Å²) in [6.45, 7) is 0. The third-order valence-corrected chi connectivity index (χ3v) is 4.13. The maximum atomic E-state index is 13.3. The molecule has 0 amide bonds. The van der Waals surface area contributed by atoms with E-state index in [-0.39, 0.29) is 10.2 Å². The fraction of sp³-hybridized carbons (Fsp3) is 0. The second-order valence-electron chi connectivity index (χ2n) is 3.66. The van der Waals surface area contributed by atoms with Crippen LogP contribution in [0, 0.1) is 5.82 Å². The highest BCUT2D eigenvalue weighted by atomic mass is 79.9. The van der Waals surface area contributed by atoms with Gasteiger partial charge in [0, 0.05) is 0 Å². The van der Waals surface area contributed by atoms with Crippen molar-refractivity contribution in [2.45, 2.75) is 5.09 Å². The molecular formula is C11H7BrFNO5S. The second kappa shape index (κ2) is 5.25. The largest absolute Gasteiger partial charge is 0.475 e. The number of nitrogens with one attached hydrogen (secondary N) is 1. The lowest BCUT2D eigenvalue weighted by Gasteiger charge is -2.06. The number of aromatic carboxylic acids is 1. The highest BCUT2D eigenvalue weighted by Gasteiger charge is 2.21. The predicted molar refractivity (Wildman–Crippen MR) is 70.6 cm³/mol. The summed E-state index contributed by atoms with van der Waals surface area (Å²) in [4.78, 5) is 10.6. The van der Waals surface area contributed by atoms with Crippen LogP contribution in [0.15, 0.2) is 44.3 Å². The van der Waals surface area contributed by atoms with Crippen LogP contribution in [-0.2, 0) is 10.0 Å². The van der Waals surface area contributed by atoms with E-state index >= 15 is 0 Å². The second-order valence-corrected chi connectivity index (χ2v) is 6.13. The molecule has 20 heavy (non-hydrogen) atoms. The van der Waals surface area contributed by atoms with Crippen LogP contribution in [0.5, 0.6) is 0 Å². The number of rotatable bonds is 4. The highest BCUT2D eigenvalue weighted by molar-refractivity contribution is 9.10. The minimum Gasteiger partial charge on any atom is -0.475 e. The van der Waals surface area contributed by atoms with Gasteiger partial charge in [-0.15, -0.1) is 0 Å². The number of carboxylic acid groups (broad SMARTS) is 1. The fourth-order valence-corrected chi connectivity index (χ4v) is 2.58. The summed E-state index contributed by atoms with van der Waals surface area (Å²) in [6, 6.07) is 5.66. The Labute approximate surface area is 121 Å². The molecule has 0 bridgehead atoms. The van der Waals surface area contributed by atoms with Crippen LogP contribution in [-0.4, -0.2) is 19.5 Å². The molecule has 0 fully saturated rings. The minimum absolute atomic E-state index is 0.0148. The van der Waals surface area contributed by atoms with Crippen LogP contribution < -0.4 is 4.72 Å². The molecule has 0 atom stereocenters. The van der Waals surface area contributed by atoms with Crippen molar-refractivity contribution in [3.63, 3.8) is 0 Å². The van der Waals surface area contributed by atoms with E-state index in [1.165, 1.54) is 12.1 Å². The average molecular weight is 364 g/mol. The van der Waals surface area contributed by atoms with Crippen LogP contribution in [0.1, 0.15) is 10.6 Å². The zero-order valence-electron chi connectivity index (χ0n) is 9.63. The van der Waals surface area contributed by atoms with Crippen molar-refractivity contribution >= 4 is 37.6 Å². The Kier molecular flexibility index (Phi) is 3.82. The number of hydrogen-bond donors (Lipinski definition) is 2. The van der Waals surface area contributed by atoms with Gasteiger partial charge in [-0.3, -0.25) is 4.72 Å². The van der Waals surface area contributed by atoms with Gasteiger partial charge in [0.05, 0.1) is 10.2 Å². The van der Waals surface area contributed by atoms with Gasteiger partial charge < -0.3 is 9.52 Å². The molecule has 0 aliphatic carbocycles. The summed E-state index contributed by atoms with van der Waals surface area (Å²) < 4.78 is 44.0. The maximum absolute atomic E-state index is 13.3. The van der Waals surface area contributed by atoms with E-state index in [9.17, 15) is 17.6 Å². The molecule has 2 aromatic rings. The van der Waals surface area contributed by atoms with Gasteiger partial charge in [0.25, 0.3) is 10.0 Å². The molecule has 0 radical (unpaired) electrons. The Morgan fingerprint density at radius 1 is 1.30 bits per heavy atom. The van der Waals surface area contributed by atoms with Gasteiger partial charge in [-0.2, -0.15) is 8.42 Å². The fourth-order valence-electron chi connectivity index (χ4n) is 1.34. The highest BCUT2D eigenvalue weighted by Crippen LogP contribution is 2.22. The Balaban J connectivity index is 2.30. The number of benzene rings is 1. The smallest absolute Gasteiger partial charge is 0.371 e. The molecule has 0 saturated carbocycles. The van der Waals surface area contributed by atoms with Gasteiger partial charge >= 0.3 is 5.97 Å². The van der Waals surface area contributed by atoms with Crippen molar-refractivity contribution < 1.29 is 27.1 Å². The number of sulfonamides is 1. The third kappa shape index (κ3) is 2.99. The molecule has 0 spiro atoms. The number of carbonyl (C=O) groups is 1. The zero-order chi connectivity index (χ0) is 14.9. The lowest BCUT2D eigenvalue weighted by molar-refractivity contribution is 0.0656. The van der Waals surface area contributed by atoms with Crippen molar-refractivity contribution in [1.29, 1.82) is 0 Å². The van der Waals surface area contributed by atoms with Gasteiger partial charge in [-0.05, 0) is 46.3 Å². The molecule has 0 aliphatic rings. The van der Waals surface area contributed by atoms with E-state index in [1.54, 1.807) is 0 Å². The first-order valence-electron chi connectivity index (χ1n) is 5.10. The summed E-state index contributed by atoms with van der Waals surface area (Å²) >= 11 is 2.94. The van der Waals surface area contributed by atoms with Crippen molar-refractivity contribution in [2.24, 2.45) is 0 Å². The third-order valence-electron chi connectivity index (χ3n) is 2.23. The average Bonchev–Trinajstić information content (AvgIpc) is 2.84. The molecule has 0 saturated heterocycles. The van der Waals surface area contributed by atoms with E-state index in [0.717, 1.165) is 18.2 Å². The van der Waals surface area contributed by atoms with Gasteiger partial charge in [0.1, 0.15) is 5.82 Å². The molecule has 106 valence electrons. The molecule has 2 rings (SSSR count). The van der Waals surface area contributed by atoms with Crippen LogP contribution >= 0.6 is 15.9 Å². The number of hydrogen-bond acceptors (Lipinski definition) is 4. The molecule has 1 aromatic carbocycles. The maximum Gasteiger partial charge on any atom is 0.371 e. The minimum atomic E-state index is -4.12. The number of carboxylic acids is 1. The Hall–Kier alpha value is -1.87. The van der Waals surface area contributed by atoms with Crippen molar-refractivity contribution in [3.05, 3.63) is 46.4 Å². The van der Waals surface area contributed by atoms with Crippen LogP contribution in [0.2, 0.25) is 0 Å². The van der Waals surface area contributed by atoms with E-state index in [1.807, 2.05) is 0 Å². The molecule has 1 aromatic heterocycles. The van der Waals surface area contributed by atoms with Crippen molar-refractivity contribution in [3.8, 4) is 0 Å². The van der Waals surface area contributed by atoms with Gasteiger partial charge in [-0.25, -0.2) is 9.18 Å². The number of furan rings is 1. The molecule has 2 N–H and O–H groups in total. The number of halogens is 2. The Bertz CT molecular complexity index is 771. The monoisotopic (exact) mass is 363 g/mol. The first kappa shape index (κ1) is 14.5. The first-order chi connectivity index (χ1) is 9.29. The lowest BCUT2D eigenvalue weighted by Crippen LogP contribution is -2.12. The molecular weight excluding hydrogens is 357 g/mol. The summed E-state index contributed by atoms with van der Waals surface area (Å²) in [5, 5.41) is 8.09.